The first-order valence-corrected chi connectivity index (χ1v) is 8.74. The number of Topliss-reactive ketones (excluding diaryl/α,β-unsaturated/α-hetero) is 1. The van der Waals surface area contributed by atoms with Crippen LogP contribution in [0.2, 0.25) is 0 Å². The number of carbonyl (C=O) groups is 2. The van der Waals surface area contributed by atoms with Crippen LogP contribution in [0.15, 0.2) is 24.3 Å². The number of rotatable bonds is 9. The van der Waals surface area contributed by atoms with Gasteiger partial charge in [-0.05, 0) is 52.2 Å². The molecule has 0 radical (unpaired) electrons. The van der Waals surface area contributed by atoms with E-state index in [2.05, 4.69) is 10.2 Å². The Labute approximate surface area is 139 Å². The number of nitrogens with zero attached hydrogens (tertiary/aromatic N) is 1. The molecule has 126 valence electrons. The Kier molecular flexibility index (Phi) is 7.27. The zero-order valence-corrected chi connectivity index (χ0v) is 14.1. The maximum absolute atomic E-state index is 12.0. The third-order valence-corrected chi connectivity index (χ3v) is 4.37. The van der Waals surface area contributed by atoms with Gasteiger partial charge in [-0.1, -0.05) is 29.8 Å². The zero-order chi connectivity index (χ0) is 16.5. The summed E-state index contributed by atoms with van der Waals surface area (Å²) >= 11 is 0. The maximum atomic E-state index is 12.0. The molecule has 1 N–H and O–H groups in total. The highest BCUT2D eigenvalue weighted by atomic mass is 16.2. The normalized spacial score (nSPS) is 14.8. The summed E-state index contributed by atoms with van der Waals surface area (Å²) < 4.78 is 0. The number of carbonyl (C=O) groups excluding carboxylic acids is 2. The number of ketones is 1. The quantitative estimate of drug-likeness (QED) is 0.563. The number of unbranched alkanes of at least 4 members (excludes halogenated alkanes) is 1. The van der Waals surface area contributed by atoms with Crippen LogP contribution in [-0.4, -0.2) is 42.8 Å². The molecule has 1 heterocycles. The topological polar surface area (TPSA) is 49.4 Å². The molecule has 1 aliphatic rings. The summed E-state index contributed by atoms with van der Waals surface area (Å²) in [6.45, 7) is 6.31. The first-order valence-electron chi connectivity index (χ1n) is 8.74. The van der Waals surface area contributed by atoms with Crippen molar-refractivity contribution in [3.8, 4) is 0 Å². The van der Waals surface area contributed by atoms with E-state index in [9.17, 15) is 9.59 Å². The highest BCUT2D eigenvalue weighted by Crippen LogP contribution is 2.09. The third kappa shape index (κ3) is 6.53. The van der Waals surface area contributed by atoms with Gasteiger partial charge in [0.1, 0.15) is 0 Å². The fraction of sp³-hybridized carbons (Fsp3) is 0.579. The van der Waals surface area contributed by atoms with Crippen molar-refractivity contribution in [3.05, 3.63) is 35.4 Å². The Morgan fingerprint density at radius 3 is 2.43 bits per heavy atom. The summed E-state index contributed by atoms with van der Waals surface area (Å²) in [5, 5.41) is 2.91. The average molecular weight is 316 g/mol. The molecule has 0 atom stereocenters. The van der Waals surface area contributed by atoms with Crippen LogP contribution in [0, 0.1) is 6.92 Å². The van der Waals surface area contributed by atoms with E-state index in [1.807, 2.05) is 31.2 Å². The molecule has 1 aromatic carbocycles. The number of nitrogens with one attached hydrogen (secondary N) is 1. The highest BCUT2D eigenvalue weighted by molar-refractivity contribution is 5.97. The Morgan fingerprint density at radius 1 is 1.04 bits per heavy atom. The molecule has 0 aromatic heterocycles. The molecule has 0 unspecified atom stereocenters. The molecule has 0 aliphatic carbocycles. The van der Waals surface area contributed by atoms with Crippen molar-refractivity contribution in [2.24, 2.45) is 0 Å². The van der Waals surface area contributed by atoms with Crippen LogP contribution in [0.25, 0.3) is 0 Å². The standard InChI is InChI=1S/C19H28N2O2/c1-16-6-8-17(9-7-16)18(22)10-11-19(23)20-12-2-3-13-21-14-4-5-15-21/h6-9H,2-5,10-15H2,1H3,(H,20,23). The van der Waals surface area contributed by atoms with Crippen LogP contribution in [0.3, 0.4) is 0 Å². The summed E-state index contributed by atoms with van der Waals surface area (Å²) in [6.07, 6.45) is 5.34. The minimum atomic E-state index is -0.0216. The van der Waals surface area contributed by atoms with Crippen LogP contribution in [0.1, 0.15) is 54.4 Å². The lowest BCUT2D eigenvalue weighted by atomic mass is 10.1. The summed E-state index contributed by atoms with van der Waals surface area (Å²) in [5.74, 6) is 0.0146. The van der Waals surface area contributed by atoms with E-state index in [0.29, 0.717) is 12.1 Å². The molecule has 1 amide bonds. The molecule has 1 saturated heterocycles. The molecule has 1 aromatic rings. The van der Waals surface area contributed by atoms with Crippen LogP contribution in [0.5, 0.6) is 0 Å². The van der Waals surface area contributed by atoms with E-state index < -0.39 is 0 Å². The van der Waals surface area contributed by atoms with E-state index in [4.69, 9.17) is 0 Å². The van der Waals surface area contributed by atoms with Gasteiger partial charge in [0.15, 0.2) is 5.78 Å². The Hall–Kier alpha value is -1.68. The van der Waals surface area contributed by atoms with Crippen LogP contribution in [0.4, 0.5) is 0 Å². The molecular weight excluding hydrogens is 288 g/mol. The van der Waals surface area contributed by atoms with Gasteiger partial charge in [0.25, 0.3) is 0 Å². The van der Waals surface area contributed by atoms with Crippen molar-refractivity contribution in [1.82, 2.24) is 10.2 Å². The Morgan fingerprint density at radius 2 is 1.74 bits per heavy atom. The van der Waals surface area contributed by atoms with Crippen molar-refractivity contribution in [2.75, 3.05) is 26.2 Å². The van der Waals surface area contributed by atoms with E-state index in [-0.39, 0.29) is 24.5 Å². The number of likely N-dealkylation sites (tertiary alicyclic amines) is 1. The number of hydrogen-bond acceptors (Lipinski definition) is 3. The monoisotopic (exact) mass is 316 g/mol. The Balaban J connectivity index is 1.54. The molecular formula is C19H28N2O2. The van der Waals surface area contributed by atoms with E-state index in [1.165, 1.54) is 25.9 Å². The molecule has 23 heavy (non-hydrogen) atoms. The van der Waals surface area contributed by atoms with Gasteiger partial charge in [0, 0.05) is 24.9 Å². The minimum Gasteiger partial charge on any atom is -0.356 e. The predicted molar refractivity (Wildman–Crippen MR) is 92.7 cm³/mol. The first-order chi connectivity index (χ1) is 11.1. The number of amides is 1. The second-order valence-corrected chi connectivity index (χ2v) is 6.40. The fourth-order valence-electron chi connectivity index (χ4n) is 2.89. The van der Waals surface area contributed by atoms with Gasteiger partial charge in [-0.25, -0.2) is 0 Å². The molecule has 0 spiro atoms. The van der Waals surface area contributed by atoms with E-state index in [0.717, 1.165) is 24.9 Å². The fourth-order valence-corrected chi connectivity index (χ4v) is 2.89. The van der Waals surface area contributed by atoms with Gasteiger partial charge >= 0.3 is 0 Å². The predicted octanol–water partition coefficient (Wildman–Crippen LogP) is 2.95. The lowest BCUT2D eigenvalue weighted by Crippen LogP contribution is -2.26. The highest BCUT2D eigenvalue weighted by Gasteiger charge is 2.11. The van der Waals surface area contributed by atoms with E-state index >= 15 is 0 Å². The SMILES string of the molecule is Cc1ccc(C(=O)CCC(=O)NCCCCN2CCCC2)cc1. The third-order valence-electron chi connectivity index (χ3n) is 4.37. The zero-order valence-electron chi connectivity index (χ0n) is 14.1. The summed E-state index contributed by atoms with van der Waals surface area (Å²) in [6, 6.07) is 7.50. The number of aryl methyl sites for hydroxylation is 1. The second kappa shape index (κ2) is 9.46. The second-order valence-electron chi connectivity index (χ2n) is 6.40. The molecule has 1 fully saturated rings. The maximum Gasteiger partial charge on any atom is 0.220 e. The first kappa shape index (κ1) is 17.7. The largest absolute Gasteiger partial charge is 0.356 e. The van der Waals surface area contributed by atoms with Crippen molar-refractivity contribution in [3.63, 3.8) is 0 Å². The minimum absolute atomic E-state index is 0.0216. The average Bonchev–Trinajstić information content (AvgIpc) is 3.06. The van der Waals surface area contributed by atoms with Crippen molar-refractivity contribution < 1.29 is 9.59 Å². The molecule has 0 bridgehead atoms. The smallest absolute Gasteiger partial charge is 0.220 e. The van der Waals surface area contributed by atoms with Crippen LogP contribution >= 0.6 is 0 Å². The van der Waals surface area contributed by atoms with Crippen molar-refractivity contribution in [2.45, 2.75) is 45.4 Å². The van der Waals surface area contributed by atoms with Gasteiger partial charge in [-0.2, -0.15) is 0 Å². The lowest BCUT2D eigenvalue weighted by Gasteiger charge is -2.13. The molecule has 4 nitrogen and oxygen atoms in total. The molecule has 2 rings (SSSR count). The lowest BCUT2D eigenvalue weighted by molar-refractivity contribution is -0.121. The molecule has 4 heteroatoms. The van der Waals surface area contributed by atoms with Gasteiger partial charge in [-0.3, -0.25) is 9.59 Å². The van der Waals surface area contributed by atoms with E-state index in [1.54, 1.807) is 0 Å². The summed E-state index contributed by atoms with van der Waals surface area (Å²) in [4.78, 5) is 26.3. The van der Waals surface area contributed by atoms with Gasteiger partial charge in [0.2, 0.25) is 5.91 Å². The van der Waals surface area contributed by atoms with Gasteiger partial charge in [-0.15, -0.1) is 0 Å². The van der Waals surface area contributed by atoms with Crippen LogP contribution in [-0.2, 0) is 4.79 Å². The van der Waals surface area contributed by atoms with Crippen LogP contribution < -0.4 is 5.32 Å². The number of benzene rings is 1. The van der Waals surface area contributed by atoms with Gasteiger partial charge in [0.05, 0.1) is 0 Å². The molecule has 0 saturated carbocycles. The van der Waals surface area contributed by atoms with Crippen molar-refractivity contribution in [1.29, 1.82) is 0 Å². The van der Waals surface area contributed by atoms with Gasteiger partial charge < -0.3 is 10.2 Å². The number of hydrogen-bond donors (Lipinski definition) is 1. The Bertz CT molecular complexity index is 505. The van der Waals surface area contributed by atoms with Crippen molar-refractivity contribution >= 4 is 11.7 Å². The molecule has 1 aliphatic heterocycles. The summed E-state index contributed by atoms with van der Waals surface area (Å²) in [5.41, 5.74) is 1.82. The summed E-state index contributed by atoms with van der Waals surface area (Å²) in [7, 11) is 0.